The average molecular weight is 468 g/mol. The van der Waals surface area contributed by atoms with Crippen LogP contribution in [0.1, 0.15) is 64.2 Å². The third-order valence-corrected chi connectivity index (χ3v) is 8.03. The highest BCUT2D eigenvalue weighted by Gasteiger charge is 2.34. The molecule has 5 radical (unpaired) electrons. The molecular formula is C24H36FN2O4S. The molecule has 1 heterocycles. The maximum Gasteiger partial charge on any atom is 0.243 e. The number of ether oxygens (including phenoxy) is 1. The molecule has 0 spiro atoms. The van der Waals surface area contributed by atoms with E-state index in [1.54, 1.807) is 0 Å². The molecular weight excluding hydrogens is 431 g/mol. The molecule has 179 valence electrons. The maximum atomic E-state index is 14.1. The van der Waals surface area contributed by atoms with E-state index in [0.29, 0.717) is 13.0 Å². The Balaban J connectivity index is 0.00000256. The molecule has 3 rings (SSSR count). The van der Waals surface area contributed by atoms with Crippen LogP contribution in [0, 0.1) is 26.6 Å². The van der Waals surface area contributed by atoms with E-state index in [9.17, 15) is 17.6 Å². The van der Waals surface area contributed by atoms with Gasteiger partial charge in [0.05, 0.1) is 17.9 Å². The molecule has 1 N–H and O–H groups in total. The summed E-state index contributed by atoms with van der Waals surface area (Å²) in [5.74, 6) is 0.182. The Morgan fingerprint density at radius 3 is 2.38 bits per heavy atom. The minimum Gasteiger partial charge on any atom is -0.494 e. The number of methoxy groups -OCH3 is 1. The van der Waals surface area contributed by atoms with Gasteiger partial charge in [0.25, 0.3) is 0 Å². The van der Waals surface area contributed by atoms with Crippen LogP contribution >= 0.6 is 0 Å². The van der Waals surface area contributed by atoms with Crippen LogP contribution in [0.4, 0.5) is 4.39 Å². The van der Waals surface area contributed by atoms with E-state index in [0.717, 1.165) is 63.4 Å². The zero-order valence-corrected chi connectivity index (χ0v) is 19.9. The van der Waals surface area contributed by atoms with Gasteiger partial charge in [-0.05, 0) is 43.9 Å². The van der Waals surface area contributed by atoms with Crippen molar-refractivity contribution >= 4 is 15.9 Å². The fourth-order valence-corrected chi connectivity index (χ4v) is 6.04. The van der Waals surface area contributed by atoms with E-state index >= 15 is 0 Å². The Hall–Kier alpha value is -1.67. The first-order valence-corrected chi connectivity index (χ1v) is 12.4. The molecule has 1 aliphatic heterocycles. The molecule has 6 nitrogen and oxygen atoms in total. The van der Waals surface area contributed by atoms with Crippen LogP contribution in [0.5, 0.6) is 5.75 Å². The fraction of sp³-hybridized carbons (Fsp3) is 0.583. The quantitative estimate of drug-likeness (QED) is 0.670. The Labute approximate surface area is 194 Å². The highest BCUT2D eigenvalue weighted by atomic mass is 32.2. The molecule has 1 saturated heterocycles. The predicted molar refractivity (Wildman–Crippen MR) is 124 cm³/mol. The highest BCUT2D eigenvalue weighted by Crippen LogP contribution is 2.28. The number of nitrogens with zero attached hydrogens (tertiary/aromatic N) is 1. The molecule has 1 aromatic carbocycles. The number of sulfonamides is 1. The Morgan fingerprint density at radius 2 is 1.75 bits per heavy atom. The summed E-state index contributed by atoms with van der Waals surface area (Å²) >= 11 is 0. The topological polar surface area (TPSA) is 75.7 Å². The lowest BCUT2D eigenvalue weighted by molar-refractivity contribution is -0.120. The molecule has 0 bridgehead atoms. The van der Waals surface area contributed by atoms with Crippen LogP contribution in [0.3, 0.4) is 0 Å². The summed E-state index contributed by atoms with van der Waals surface area (Å²) in [5.41, 5.74) is 0. The first-order chi connectivity index (χ1) is 14.4. The van der Waals surface area contributed by atoms with E-state index in [1.165, 1.54) is 30.0 Å². The maximum absolute atomic E-state index is 14.1. The standard InChI is InChI=1S/C22H32FN2O4S.2CH2/c1-29-21-13-12-19(15-20(21)23)30(27,28)25-14-8-7-11-18(25)16-24-22(26)17-9-5-3-2-4-6-10-17;;/h12-13,15,18H,2-11,14,16H2,1H3,(H,24,26);2*1H2. The molecule has 1 unspecified atom stereocenters. The van der Waals surface area contributed by atoms with Crippen LogP contribution in [-0.2, 0) is 14.8 Å². The number of piperidine rings is 1. The van der Waals surface area contributed by atoms with Gasteiger partial charge >= 0.3 is 0 Å². The Kier molecular flexibility index (Phi) is 11.6. The monoisotopic (exact) mass is 467 g/mol. The molecule has 1 saturated carbocycles. The summed E-state index contributed by atoms with van der Waals surface area (Å²) in [5, 5.41) is 2.98. The summed E-state index contributed by atoms with van der Waals surface area (Å²) < 4.78 is 46.8. The summed E-state index contributed by atoms with van der Waals surface area (Å²) in [6.45, 7) is 0.646. The normalized spacial score (nSPS) is 20.8. The number of hydrogen-bond acceptors (Lipinski definition) is 4. The van der Waals surface area contributed by atoms with Gasteiger partial charge in [0, 0.05) is 19.1 Å². The smallest absolute Gasteiger partial charge is 0.243 e. The minimum absolute atomic E-state index is 0. The molecule has 2 aliphatic rings. The van der Waals surface area contributed by atoms with Crippen molar-refractivity contribution < 1.29 is 22.3 Å². The number of benzene rings is 1. The molecule has 1 aromatic rings. The number of hydrogen-bond donors (Lipinski definition) is 1. The first-order valence-electron chi connectivity index (χ1n) is 10.9. The van der Waals surface area contributed by atoms with Crippen molar-refractivity contribution in [1.82, 2.24) is 9.62 Å². The van der Waals surface area contributed by atoms with Gasteiger partial charge in [0.15, 0.2) is 11.6 Å². The number of amides is 1. The molecule has 1 amide bonds. The second kappa shape index (κ2) is 13.1. The van der Waals surface area contributed by atoms with Gasteiger partial charge in [-0.25, -0.2) is 12.8 Å². The lowest BCUT2D eigenvalue weighted by Crippen LogP contribution is -2.49. The molecule has 0 aromatic heterocycles. The van der Waals surface area contributed by atoms with Crippen molar-refractivity contribution in [3.63, 3.8) is 0 Å². The van der Waals surface area contributed by atoms with E-state index in [4.69, 9.17) is 4.74 Å². The molecule has 1 aliphatic carbocycles. The average Bonchev–Trinajstić information content (AvgIpc) is 2.72. The lowest BCUT2D eigenvalue weighted by Gasteiger charge is -2.35. The van der Waals surface area contributed by atoms with Crippen molar-refractivity contribution in [2.45, 2.75) is 75.1 Å². The SMILES string of the molecule is COc1ccc(S(=O)(=O)N2CCCCC2CNC(=O)[C]2CCCCCCC2)cc1F.[CH2].[CH2]. The number of carbonyl (C=O) groups is 1. The zero-order chi connectivity index (χ0) is 21.6. The van der Waals surface area contributed by atoms with Crippen LogP contribution < -0.4 is 10.1 Å². The van der Waals surface area contributed by atoms with Crippen molar-refractivity contribution in [2.24, 2.45) is 0 Å². The van der Waals surface area contributed by atoms with E-state index in [1.807, 2.05) is 0 Å². The van der Waals surface area contributed by atoms with Crippen molar-refractivity contribution in [2.75, 3.05) is 20.2 Å². The van der Waals surface area contributed by atoms with Gasteiger partial charge in [0.2, 0.25) is 15.9 Å². The second-order valence-corrected chi connectivity index (χ2v) is 10.0. The number of nitrogens with one attached hydrogen (secondary N) is 1. The summed E-state index contributed by atoms with van der Waals surface area (Å²) in [6.07, 6.45) is 9.59. The third-order valence-electron chi connectivity index (χ3n) is 6.08. The molecule has 1 atom stereocenters. The van der Waals surface area contributed by atoms with Crippen molar-refractivity contribution in [3.8, 4) is 5.75 Å². The van der Waals surface area contributed by atoms with E-state index in [2.05, 4.69) is 5.32 Å². The van der Waals surface area contributed by atoms with Crippen LogP contribution in [0.25, 0.3) is 0 Å². The van der Waals surface area contributed by atoms with Gasteiger partial charge in [0.1, 0.15) is 0 Å². The number of halogens is 1. The van der Waals surface area contributed by atoms with Crippen molar-refractivity contribution in [1.29, 1.82) is 0 Å². The lowest BCUT2D eigenvalue weighted by atomic mass is 9.90. The van der Waals surface area contributed by atoms with Gasteiger partial charge in [-0.1, -0.05) is 53.4 Å². The summed E-state index contributed by atoms with van der Waals surface area (Å²) in [4.78, 5) is 12.6. The van der Waals surface area contributed by atoms with Gasteiger partial charge in [-0.3, -0.25) is 4.79 Å². The summed E-state index contributed by atoms with van der Waals surface area (Å²) in [7, 11) is -2.53. The van der Waals surface area contributed by atoms with Crippen LogP contribution in [0.15, 0.2) is 23.1 Å². The van der Waals surface area contributed by atoms with E-state index in [-0.39, 0.29) is 44.0 Å². The molecule has 32 heavy (non-hydrogen) atoms. The van der Waals surface area contributed by atoms with Gasteiger partial charge in [-0.15, -0.1) is 0 Å². The Bertz CT molecular complexity index is 823. The number of carbonyl (C=O) groups excluding carboxylic acids is 1. The molecule has 2 fully saturated rings. The van der Waals surface area contributed by atoms with Crippen molar-refractivity contribution in [3.05, 3.63) is 44.8 Å². The minimum atomic E-state index is -3.86. The zero-order valence-electron chi connectivity index (χ0n) is 19.1. The Morgan fingerprint density at radius 1 is 1.09 bits per heavy atom. The first kappa shape index (κ1) is 28.4. The second-order valence-electron chi connectivity index (χ2n) is 8.14. The predicted octanol–water partition coefficient (Wildman–Crippen LogP) is 4.47. The summed E-state index contributed by atoms with van der Waals surface area (Å²) in [6, 6.07) is 3.37. The van der Waals surface area contributed by atoms with Crippen LogP contribution in [-0.4, -0.2) is 44.9 Å². The highest BCUT2D eigenvalue weighted by molar-refractivity contribution is 7.89. The third kappa shape index (κ3) is 6.91. The van der Waals surface area contributed by atoms with Gasteiger partial charge < -0.3 is 10.1 Å². The fourth-order valence-electron chi connectivity index (χ4n) is 4.33. The molecule has 8 heteroatoms. The number of rotatable bonds is 6. The van der Waals surface area contributed by atoms with Crippen LogP contribution in [0.2, 0.25) is 0 Å². The largest absolute Gasteiger partial charge is 0.494 e. The van der Waals surface area contributed by atoms with E-state index < -0.39 is 15.8 Å². The van der Waals surface area contributed by atoms with Gasteiger partial charge in [-0.2, -0.15) is 4.31 Å².